The van der Waals surface area contributed by atoms with Crippen LogP contribution in [0.5, 0.6) is 0 Å². The van der Waals surface area contributed by atoms with E-state index in [0.29, 0.717) is 19.1 Å². The number of rotatable bonds is 8. The summed E-state index contributed by atoms with van der Waals surface area (Å²) >= 11 is 4.83. The van der Waals surface area contributed by atoms with Crippen molar-refractivity contribution in [3.05, 3.63) is 0 Å². The molecule has 0 aliphatic heterocycles. The Morgan fingerprint density at radius 1 is 1.27 bits per heavy atom. The summed E-state index contributed by atoms with van der Waals surface area (Å²) in [7, 11) is 0. The molecule has 15 heavy (non-hydrogen) atoms. The van der Waals surface area contributed by atoms with Gasteiger partial charge in [-0.3, -0.25) is 0 Å². The van der Waals surface area contributed by atoms with Gasteiger partial charge in [-0.05, 0) is 24.1 Å². The van der Waals surface area contributed by atoms with Crippen LogP contribution in [0.3, 0.4) is 0 Å². The Bertz CT molecular complexity index is 190. The SMILES string of the molecule is CCCCCOP(O)(=S)OCC(C)C.[Zn]. The van der Waals surface area contributed by atoms with Crippen LogP contribution in [0.1, 0.15) is 40.0 Å². The van der Waals surface area contributed by atoms with Gasteiger partial charge in [0.05, 0.1) is 13.2 Å². The fourth-order valence-corrected chi connectivity index (χ4v) is 2.14. The quantitative estimate of drug-likeness (QED) is 0.425. The first-order chi connectivity index (χ1) is 6.48. The monoisotopic (exact) mass is 304 g/mol. The molecule has 0 rings (SSSR count). The summed E-state index contributed by atoms with van der Waals surface area (Å²) in [5.41, 5.74) is 0. The molecule has 0 radical (unpaired) electrons. The van der Waals surface area contributed by atoms with Crippen LogP contribution in [0.15, 0.2) is 0 Å². The Morgan fingerprint density at radius 2 is 1.87 bits per heavy atom. The molecule has 0 aromatic carbocycles. The molecule has 0 aliphatic rings. The van der Waals surface area contributed by atoms with Crippen LogP contribution >= 0.6 is 6.72 Å². The van der Waals surface area contributed by atoms with Gasteiger partial charge in [0.2, 0.25) is 0 Å². The van der Waals surface area contributed by atoms with E-state index in [4.69, 9.17) is 20.9 Å². The molecule has 0 bridgehead atoms. The summed E-state index contributed by atoms with van der Waals surface area (Å²) in [6, 6.07) is 0. The van der Waals surface area contributed by atoms with Gasteiger partial charge in [0.25, 0.3) is 0 Å². The average molecular weight is 306 g/mol. The van der Waals surface area contributed by atoms with Crippen molar-refractivity contribution in [2.24, 2.45) is 5.92 Å². The second-order valence-corrected chi connectivity index (χ2v) is 6.54. The Balaban J connectivity index is 0. The van der Waals surface area contributed by atoms with Gasteiger partial charge in [0.1, 0.15) is 0 Å². The molecular formula is C9H21O3PSZn. The van der Waals surface area contributed by atoms with E-state index in [2.05, 4.69) is 6.92 Å². The summed E-state index contributed by atoms with van der Waals surface area (Å²) in [5, 5.41) is 0. The third-order valence-electron chi connectivity index (χ3n) is 1.57. The molecule has 6 heteroatoms. The smallest absolute Gasteiger partial charge is 0.324 e. The number of unbranched alkanes of at least 4 members (excludes halogenated alkanes) is 2. The van der Waals surface area contributed by atoms with Crippen molar-refractivity contribution >= 4 is 18.5 Å². The van der Waals surface area contributed by atoms with Crippen molar-refractivity contribution < 1.29 is 33.4 Å². The summed E-state index contributed by atoms with van der Waals surface area (Å²) in [6.45, 7) is 4.13. The van der Waals surface area contributed by atoms with Crippen LogP contribution < -0.4 is 0 Å². The molecule has 0 aromatic heterocycles. The Kier molecular flexibility index (Phi) is 12.7. The van der Waals surface area contributed by atoms with E-state index in [1.165, 1.54) is 0 Å². The van der Waals surface area contributed by atoms with Crippen molar-refractivity contribution in [2.45, 2.75) is 40.0 Å². The maximum atomic E-state index is 9.54. The zero-order valence-corrected chi connectivity index (χ0v) is 14.6. The third-order valence-corrected chi connectivity index (χ3v) is 3.19. The third kappa shape index (κ3) is 13.1. The second kappa shape index (κ2) is 10.3. The van der Waals surface area contributed by atoms with Gasteiger partial charge < -0.3 is 13.9 Å². The van der Waals surface area contributed by atoms with Crippen LogP contribution in [-0.2, 0) is 40.3 Å². The molecule has 1 N–H and O–H groups in total. The molecule has 0 spiro atoms. The molecule has 0 saturated heterocycles. The van der Waals surface area contributed by atoms with Crippen LogP contribution in [0.4, 0.5) is 0 Å². The molecule has 0 aliphatic carbocycles. The Labute approximate surface area is 111 Å². The summed E-state index contributed by atoms with van der Waals surface area (Å²) in [5.74, 6) is 0.365. The van der Waals surface area contributed by atoms with Gasteiger partial charge in [-0.15, -0.1) is 0 Å². The van der Waals surface area contributed by atoms with Crippen LogP contribution in [-0.4, -0.2) is 18.1 Å². The van der Waals surface area contributed by atoms with E-state index in [1.807, 2.05) is 13.8 Å². The van der Waals surface area contributed by atoms with Gasteiger partial charge in [-0.25, -0.2) is 0 Å². The van der Waals surface area contributed by atoms with E-state index in [0.717, 1.165) is 19.3 Å². The van der Waals surface area contributed by atoms with E-state index < -0.39 is 6.72 Å². The van der Waals surface area contributed by atoms with Gasteiger partial charge >= 0.3 is 6.72 Å². The fraction of sp³-hybridized carbons (Fsp3) is 1.00. The zero-order valence-electron chi connectivity index (χ0n) is 9.94. The number of hydrogen-bond acceptors (Lipinski definition) is 3. The van der Waals surface area contributed by atoms with E-state index >= 15 is 0 Å². The first kappa shape index (κ1) is 18.5. The summed E-state index contributed by atoms with van der Waals surface area (Å²) in [4.78, 5) is 9.54. The van der Waals surface area contributed by atoms with Crippen LogP contribution in [0.2, 0.25) is 0 Å². The topological polar surface area (TPSA) is 38.7 Å². The van der Waals surface area contributed by atoms with E-state index in [1.54, 1.807) is 0 Å². The minimum absolute atomic E-state index is 0. The molecule has 0 aromatic rings. The van der Waals surface area contributed by atoms with E-state index in [-0.39, 0.29) is 19.5 Å². The first-order valence-electron chi connectivity index (χ1n) is 5.10. The Hall–Kier alpha value is 1.15. The van der Waals surface area contributed by atoms with Crippen molar-refractivity contribution in [1.29, 1.82) is 0 Å². The minimum Gasteiger partial charge on any atom is -0.324 e. The van der Waals surface area contributed by atoms with Crippen molar-refractivity contribution in [3.8, 4) is 0 Å². The largest absolute Gasteiger partial charge is 0.324 e. The summed E-state index contributed by atoms with van der Waals surface area (Å²) < 4.78 is 10.3. The van der Waals surface area contributed by atoms with Gasteiger partial charge in [0.15, 0.2) is 0 Å². The molecule has 0 amide bonds. The summed E-state index contributed by atoms with van der Waals surface area (Å²) in [6.07, 6.45) is 3.16. The van der Waals surface area contributed by atoms with Gasteiger partial charge in [-0.2, -0.15) is 0 Å². The van der Waals surface area contributed by atoms with Crippen LogP contribution in [0.25, 0.3) is 0 Å². The van der Waals surface area contributed by atoms with Crippen molar-refractivity contribution in [1.82, 2.24) is 0 Å². The maximum absolute atomic E-state index is 9.54. The maximum Gasteiger partial charge on any atom is 0.324 e. The molecule has 0 heterocycles. The molecule has 1 unspecified atom stereocenters. The molecule has 0 saturated carbocycles. The fourth-order valence-electron chi connectivity index (χ4n) is 0.813. The Morgan fingerprint density at radius 3 is 2.33 bits per heavy atom. The molecule has 0 fully saturated rings. The molecule has 3 nitrogen and oxygen atoms in total. The van der Waals surface area contributed by atoms with Gasteiger partial charge in [-0.1, -0.05) is 33.6 Å². The van der Waals surface area contributed by atoms with E-state index in [9.17, 15) is 4.89 Å². The molecule has 88 valence electrons. The van der Waals surface area contributed by atoms with Crippen molar-refractivity contribution in [2.75, 3.05) is 13.2 Å². The number of hydrogen-bond donors (Lipinski definition) is 1. The zero-order chi connectivity index (χ0) is 11.0. The second-order valence-electron chi connectivity index (χ2n) is 3.70. The minimum atomic E-state index is -2.95. The average Bonchev–Trinajstić information content (AvgIpc) is 2.10. The predicted octanol–water partition coefficient (Wildman–Crippen LogP) is 3.08. The van der Waals surface area contributed by atoms with Crippen molar-refractivity contribution in [3.63, 3.8) is 0 Å². The molecule has 1 atom stereocenters. The molecular weight excluding hydrogens is 285 g/mol. The normalized spacial score (nSPS) is 14.7. The van der Waals surface area contributed by atoms with Crippen LogP contribution in [0, 0.1) is 5.92 Å². The predicted molar refractivity (Wildman–Crippen MR) is 62.8 cm³/mol. The first-order valence-corrected chi connectivity index (χ1v) is 7.69. The standard InChI is InChI=1S/C9H21O3PS.Zn/c1-4-5-6-7-11-13(10,14)12-8-9(2)3;/h9H,4-8H2,1-3H3,(H,10,14);. The van der Waals surface area contributed by atoms with Gasteiger partial charge in [0, 0.05) is 19.5 Å².